The van der Waals surface area contributed by atoms with Gasteiger partial charge < -0.3 is 5.32 Å². The van der Waals surface area contributed by atoms with Crippen molar-refractivity contribution in [1.82, 2.24) is 9.88 Å². The van der Waals surface area contributed by atoms with Crippen LogP contribution >= 0.6 is 22.7 Å². The fraction of sp³-hybridized carbons (Fsp3) is 0.0385. The van der Waals surface area contributed by atoms with Gasteiger partial charge in [0.1, 0.15) is 0 Å². The van der Waals surface area contributed by atoms with Crippen LogP contribution < -0.4 is 5.32 Å². The molecule has 0 aliphatic carbocycles. The second-order valence-corrected chi connectivity index (χ2v) is 10.1. The molecule has 3 heterocycles. The van der Waals surface area contributed by atoms with Gasteiger partial charge in [0.15, 0.2) is 5.96 Å². The molecule has 2 N–H and O–H groups in total. The van der Waals surface area contributed by atoms with Crippen molar-refractivity contribution in [3.05, 3.63) is 72.8 Å². The fourth-order valence-electron chi connectivity index (χ4n) is 4.91. The summed E-state index contributed by atoms with van der Waals surface area (Å²) in [6.45, 7) is 0. The molecule has 0 spiro atoms. The van der Waals surface area contributed by atoms with Crippen LogP contribution in [-0.2, 0) is 0 Å². The van der Waals surface area contributed by atoms with E-state index in [0.717, 1.165) is 11.0 Å². The van der Waals surface area contributed by atoms with Crippen molar-refractivity contribution in [2.75, 3.05) is 7.05 Å². The van der Waals surface area contributed by atoms with Crippen LogP contribution in [0.25, 0.3) is 62.2 Å². The minimum Gasteiger partial charge on any atom is -0.359 e. The Kier molecular flexibility index (Phi) is 3.38. The molecule has 0 fully saturated rings. The van der Waals surface area contributed by atoms with Crippen LogP contribution in [-0.4, -0.2) is 17.6 Å². The maximum atomic E-state index is 8.80. The first-order valence-electron chi connectivity index (χ1n) is 10.2. The molecule has 0 atom stereocenters. The zero-order valence-electron chi connectivity index (χ0n) is 16.7. The van der Waals surface area contributed by atoms with Gasteiger partial charge in [0.2, 0.25) is 0 Å². The normalized spacial score (nSPS) is 12.2. The Morgan fingerprint density at radius 3 is 2.32 bits per heavy atom. The molecule has 0 aliphatic heterocycles. The third kappa shape index (κ3) is 2.14. The average molecular weight is 436 g/mol. The third-order valence-corrected chi connectivity index (χ3v) is 8.73. The summed E-state index contributed by atoms with van der Waals surface area (Å²) in [6, 6.07) is 26.0. The Morgan fingerprint density at radius 1 is 0.742 bits per heavy atom. The van der Waals surface area contributed by atoms with Gasteiger partial charge in [-0.1, -0.05) is 66.7 Å². The van der Waals surface area contributed by atoms with Gasteiger partial charge in [0, 0.05) is 44.1 Å². The number of nitrogens with zero attached hydrogens (tertiary/aromatic N) is 1. The first kappa shape index (κ1) is 17.3. The van der Waals surface area contributed by atoms with Crippen LogP contribution in [0.2, 0.25) is 0 Å². The van der Waals surface area contributed by atoms with E-state index in [9.17, 15) is 0 Å². The number of nitrogens with one attached hydrogen (secondary N) is 2. The largest absolute Gasteiger partial charge is 0.359 e. The zero-order chi connectivity index (χ0) is 20.7. The average Bonchev–Trinajstić information content (AvgIpc) is 3.46. The number of rotatable bonds is 0. The Labute approximate surface area is 185 Å². The molecule has 0 bridgehead atoms. The van der Waals surface area contributed by atoms with Crippen LogP contribution in [0.4, 0.5) is 0 Å². The van der Waals surface area contributed by atoms with Crippen LogP contribution in [0.3, 0.4) is 0 Å². The molecule has 0 radical (unpaired) electrons. The van der Waals surface area contributed by atoms with Gasteiger partial charge in [-0.3, -0.25) is 9.98 Å². The van der Waals surface area contributed by atoms with E-state index in [2.05, 4.69) is 82.7 Å². The van der Waals surface area contributed by atoms with E-state index in [1.54, 1.807) is 0 Å². The lowest BCUT2D eigenvalue weighted by atomic mass is 10.0. The second-order valence-electron chi connectivity index (χ2n) is 7.82. The Balaban J connectivity index is 1.77. The summed E-state index contributed by atoms with van der Waals surface area (Å²) in [5.74, 6) is 0.394. The van der Waals surface area contributed by atoms with E-state index in [1.807, 2.05) is 29.7 Å². The second kappa shape index (κ2) is 6.06. The lowest BCUT2D eigenvalue weighted by molar-refractivity contribution is 1.04. The van der Waals surface area contributed by atoms with Crippen molar-refractivity contribution in [3.8, 4) is 0 Å². The van der Waals surface area contributed by atoms with E-state index in [4.69, 9.17) is 5.41 Å². The third-order valence-electron chi connectivity index (χ3n) is 6.26. The van der Waals surface area contributed by atoms with Crippen molar-refractivity contribution < 1.29 is 0 Å². The summed E-state index contributed by atoms with van der Waals surface area (Å²) in [5.41, 5.74) is 2.22. The van der Waals surface area contributed by atoms with Gasteiger partial charge in [0.25, 0.3) is 0 Å². The van der Waals surface area contributed by atoms with E-state index in [1.165, 1.54) is 51.1 Å². The van der Waals surface area contributed by atoms with Crippen LogP contribution in [0.1, 0.15) is 0 Å². The molecule has 7 aromatic rings. The highest BCUT2D eigenvalue weighted by atomic mass is 32.2. The van der Waals surface area contributed by atoms with Crippen LogP contribution in [0, 0.1) is 5.41 Å². The standard InChI is InChI=1S/C26H17N3S2/c1-28-26(27)29-22-15-7-3-2-6-14(15)10-11-16(22)17-12-13-19-21-18-8-4-5-9-20(18)30-25(21)31-24(19)23(17)29/h2-13H,1H3,(H2,27,28). The number of aromatic nitrogens is 1. The number of thiophene rings is 2. The van der Waals surface area contributed by atoms with Crippen molar-refractivity contribution in [3.63, 3.8) is 0 Å². The smallest absolute Gasteiger partial charge is 0.200 e. The number of hydrogen-bond acceptors (Lipinski definition) is 3. The molecule has 0 aliphatic rings. The minimum atomic E-state index is 0.394. The van der Waals surface area contributed by atoms with Crippen molar-refractivity contribution in [2.45, 2.75) is 0 Å². The first-order chi connectivity index (χ1) is 15.3. The molecular formula is C26H17N3S2. The van der Waals surface area contributed by atoms with Crippen molar-refractivity contribution in [2.24, 2.45) is 0 Å². The molecule has 3 aromatic heterocycles. The van der Waals surface area contributed by atoms with E-state index < -0.39 is 0 Å². The monoisotopic (exact) mass is 435 g/mol. The van der Waals surface area contributed by atoms with Gasteiger partial charge in [-0.05, 0) is 11.5 Å². The zero-order valence-corrected chi connectivity index (χ0v) is 18.3. The highest BCUT2D eigenvalue weighted by molar-refractivity contribution is 7.45. The Morgan fingerprint density at radius 2 is 1.45 bits per heavy atom. The highest BCUT2D eigenvalue weighted by Gasteiger charge is 2.21. The Hall–Kier alpha value is -3.41. The molecule has 4 aromatic carbocycles. The molecule has 31 heavy (non-hydrogen) atoms. The van der Waals surface area contributed by atoms with Gasteiger partial charge in [-0.15, -0.1) is 22.7 Å². The van der Waals surface area contributed by atoms with Gasteiger partial charge in [-0.2, -0.15) is 0 Å². The van der Waals surface area contributed by atoms with Gasteiger partial charge >= 0.3 is 0 Å². The predicted molar refractivity (Wildman–Crippen MR) is 137 cm³/mol. The van der Waals surface area contributed by atoms with E-state index >= 15 is 0 Å². The van der Waals surface area contributed by atoms with E-state index in [0.29, 0.717) is 5.96 Å². The topological polar surface area (TPSA) is 40.8 Å². The molecule has 148 valence electrons. The molecule has 7 rings (SSSR count). The maximum Gasteiger partial charge on any atom is 0.200 e. The molecule has 0 saturated carbocycles. The van der Waals surface area contributed by atoms with Gasteiger partial charge in [0.05, 0.1) is 19.7 Å². The SMILES string of the molecule is CNC(=N)n1c2c3ccccc3ccc2c2ccc3c(sc4sc5ccccc5c43)c21. The number of benzene rings is 4. The minimum absolute atomic E-state index is 0.394. The van der Waals surface area contributed by atoms with Crippen LogP contribution in [0.5, 0.6) is 0 Å². The molecule has 5 heteroatoms. The summed E-state index contributed by atoms with van der Waals surface area (Å²) < 4.78 is 6.05. The quantitative estimate of drug-likeness (QED) is 0.188. The summed E-state index contributed by atoms with van der Waals surface area (Å²) in [4.78, 5) is 0. The Bertz CT molecular complexity index is 1850. The van der Waals surface area contributed by atoms with Crippen molar-refractivity contribution in [1.29, 1.82) is 5.41 Å². The maximum absolute atomic E-state index is 8.80. The number of hydrogen-bond donors (Lipinski definition) is 2. The summed E-state index contributed by atoms with van der Waals surface area (Å²) in [7, 11) is 1.83. The summed E-state index contributed by atoms with van der Waals surface area (Å²) in [6.07, 6.45) is 0. The number of fused-ring (bicyclic) bond motifs is 11. The first-order valence-corrected chi connectivity index (χ1v) is 11.8. The molecule has 0 unspecified atom stereocenters. The summed E-state index contributed by atoms with van der Waals surface area (Å²) in [5, 5.41) is 20.6. The summed E-state index contributed by atoms with van der Waals surface area (Å²) >= 11 is 3.72. The lowest BCUT2D eigenvalue weighted by Crippen LogP contribution is -2.25. The highest BCUT2D eigenvalue weighted by Crippen LogP contribution is 2.48. The molecule has 0 saturated heterocycles. The van der Waals surface area contributed by atoms with E-state index in [-0.39, 0.29) is 0 Å². The molecule has 3 nitrogen and oxygen atoms in total. The molecular weight excluding hydrogens is 418 g/mol. The molecule has 0 amide bonds. The predicted octanol–water partition coefficient (Wildman–Crippen LogP) is 7.53. The van der Waals surface area contributed by atoms with Crippen molar-refractivity contribution >= 4 is 90.8 Å². The van der Waals surface area contributed by atoms with Gasteiger partial charge in [-0.25, -0.2) is 0 Å². The van der Waals surface area contributed by atoms with Crippen LogP contribution in [0.15, 0.2) is 72.8 Å². The fourth-order valence-corrected chi connectivity index (χ4v) is 7.63. The lowest BCUT2D eigenvalue weighted by Gasteiger charge is -2.10.